The van der Waals surface area contributed by atoms with Gasteiger partial charge in [-0.15, -0.1) is 0 Å². The first kappa shape index (κ1) is 10.5. The van der Waals surface area contributed by atoms with Crippen LogP contribution in [0.4, 0.5) is 4.39 Å². The lowest BCUT2D eigenvalue weighted by Crippen LogP contribution is -1.90. The molecular weight excluding hydrogens is 209 g/mol. The van der Waals surface area contributed by atoms with Crippen LogP contribution in [0, 0.1) is 17.8 Å². The third kappa shape index (κ3) is 3.04. The predicted octanol–water partition coefficient (Wildman–Crippen LogP) is 1.70. The standard InChI is InChI=1S/C9H5ClFNO2/c10-7-4-6(5-12-9(7)11)2-1-3-8(13)14/h4-5H,3H2,(H,13,14). The number of hydrogen-bond donors (Lipinski definition) is 1. The second kappa shape index (κ2) is 4.58. The number of halogens is 2. The van der Waals surface area contributed by atoms with Crippen molar-refractivity contribution in [3.05, 3.63) is 28.8 Å². The van der Waals surface area contributed by atoms with Crippen LogP contribution in [0.3, 0.4) is 0 Å². The maximum Gasteiger partial charge on any atom is 0.315 e. The highest BCUT2D eigenvalue weighted by Crippen LogP contribution is 2.12. The molecular formula is C9H5ClFNO2. The van der Waals surface area contributed by atoms with Crippen LogP contribution in [-0.2, 0) is 4.79 Å². The van der Waals surface area contributed by atoms with Crippen molar-refractivity contribution < 1.29 is 14.3 Å². The van der Waals surface area contributed by atoms with E-state index in [1.54, 1.807) is 0 Å². The van der Waals surface area contributed by atoms with Crippen LogP contribution in [0.2, 0.25) is 5.02 Å². The van der Waals surface area contributed by atoms with Crippen LogP contribution in [0.1, 0.15) is 12.0 Å². The maximum absolute atomic E-state index is 12.6. The second-order valence-electron chi connectivity index (χ2n) is 2.37. The fourth-order valence-corrected chi connectivity index (χ4v) is 0.878. The summed E-state index contributed by atoms with van der Waals surface area (Å²) in [7, 11) is 0. The highest BCUT2D eigenvalue weighted by molar-refractivity contribution is 6.30. The molecule has 0 aliphatic rings. The summed E-state index contributed by atoms with van der Waals surface area (Å²) in [5, 5.41) is 8.15. The Kier molecular flexibility index (Phi) is 3.43. The van der Waals surface area contributed by atoms with Crippen molar-refractivity contribution in [2.45, 2.75) is 6.42 Å². The van der Waals surface area contributed by atoms with E-state index in [9.17, 15) is 9.18 Å². The smallest absolute Gasteiger partial charge is 0.315 e. The minimum Gasteiger partial charge on any atom is -0.481 e. The Labute approximate surface area is 84.5 Å². The van der Waals surface area contributed by atoms with Gasteiger partial charge < -0.3 is 5.11 Å². The van der Waals surface area contributed by atoms with Crippen LogP contribution >= 0.6 is 11.6 Å². The van der Waals surface area contributed by atoms with Gasteiger partial charge in [0.1, 0.15) is 6.42 Å². The molecule has 0 saturated heterocycles. The number of carboxylic acid groups (broad SMARTS) is 1. The molecule has 0 fully saturated rings. The number of carbonyl (C=O) groups is 1. The van der Waals surface area contributed by atoms with Gasteiger partial charge in [0, 0.05) is 11.8 Å². The topological polar surface area (TPSA) is 50.2 Å². The van der Waals surface area contributed by atoms with E-state index < -0.39 is 11.9 Å². The lowest BCUT2D eigenvalue weighted by Gasteiger charge is -1.92. The van der Waals surface area contributed by atoms with Crippen LogP contribution in [0.15, 0.2) is 12.3 Å². The number of aromatic nitrogens is 1. The van der Waals surface area contributed by atoms with Crippen molar-refractivity contribution in [1.82, 2.24) is 4.98 Å². The van der Waals surface area contributed by atoms with E-state index in [0.717, 1.165) is 0 Å². The van der Waals surface area contributed by atoms with Gasteiger partial charge in [-0.1, -0.05) is 23.4 Å². The van der Waals surface area contributed by atoms with Gasteiger partial charge in [0.05, 0.1) is 5.02 Å². The lowest BCUT2D eigenvalue weighted by atomic mass is 10.3. The molecule has 72 valence electrons. The third-order valence-corrected chi connectivity index (χ3v) is 1.53. The maximum atomic E-state index is 12.6. The first-order chi connectivity index (χ1) is 6.59. The fourth-order valence-electron chi connectivity index (χ4n) is 0.711. The SMILES string of the molecule is O=C(O)CC#Cc1cnc(F)c(Cl)c1. The van der Waals surface area contributed by atoms with E-state index in [2.05, 4.69) is 16.8 Å². The van der Waals surface area contributed by atoms with Crippen LogP contribution in [-0.4, -0.2) is 16.1 Å². The minimum absolute atomic E-state index is 0.132. The molecule has 1 aromatic heterocycles. The number of hydrogen-bond acceptors (Lipinski definition) is 2. The largest absolute Gasteiger partial charge is 0.481 e. The van der Waals surface area contributed by atoms with Crippen molar-refractivity contribution in [2.75, 3.05) is 0 Å². The van der Waals surface area contributed by atoms with Gasteiger partial charge in [-0.3, -0.25) is 4.79 Å². The number of aliphatic carboxylic acids is 1. The molecule has 0 amide bonds. The Hall–Kier alpha value is -1.60. The van der Waals surface area contributed by atoms with Gasteiger partial charge in [0.15, 0.2) is 0 Å². The summed E-state index contributed by atoms with van der Waals surface area (Å²) in [6.45, 7) is 0. The monoisotopic (exact) mass is 213 g/mol. The summed E-state index contributed by atoms with van der Waals surface area (Å²) in [6, 6.07) is 1.29. The molecule has 0 aliphatic carbocycles. The molecule has 0 radical (unpaired) electrons. The molecule has 0 spiro atoms. The van der Waals surface area contributed by atoms with E-state index >= 15 is 0 Å². The summed E-state index contributed by atoms with van der Waals surface area (Å²) >= 11 is 5.43. The van der Waals surface area contributed by atoms with Gasteiger partial charge in [-0.25, -0.2) is 4.98 Å². The fraction of sp³-hybridized carbons (Fsp3) is 0.111. The summed E-state index contributed by atoms with van der Waals surface area (Å²) in [4.78, 5) is 13.4. The van der Waals surface area contributed by atoms with E-state index in [-0.39, 0.29) is 11.4 Å². The predicted molar refractivity (Wildman–Crippen MR) is 48.3 cm³/mol. The minimum atomic E-state index is -1.02. The molecule has 5 heteroatoms. The third-order valence-electron chi connectivity index (χ3n) is 1.27. The molecule has 0 atom stereocenters. The molecule has 1 heterocycles. The molecule has 0 bridgehead atoms. The normalized spacial score (nSPS) is 9.00. The Morgan fingerprint density at radius 1 is 1.71 bits per heavy atom. The highest BCUT2D eigenvalue weighted by Gasteiger charge is 1.99. The number of pyridine rings is 1. The molecule has 14 heavy (non-hydrogen) atoms. The molecule has 1 aromatic rings. The average molecular weight is 214 g/mol. The van der Waals surface area contributed by atoms with Gasteiger partial charge in [-0.2, -0.15) is 4.39 Å². The van der Waals surface area contributed by atoms with Gasteiger partial charge in [0.25, 0.3) is 0 Å². The van der Waals surface area contributed by atoms with Crippen LogP contribution in [0.25, 0.3) is 0 Å². The summed E-state index contributed by atoms with van der Waals surface area (Å²) in [5.74, 6) is 3.09. The van der Waals surface area contributed by atoms with Crippen molar-refractivity contribution in [3.63, 3.8) is 0 Å². The average Bonchev–Trinajstić information content (AvgIpc) is 2.10. The van der Waals surface area contributed by atoms with Crippen molar-refractivity contribution in [1.29, 1.82) is 0 Å². The molecule has 0 aliphatic heterocycles. The highest BCUT2D eigenvalue weighted by atomic mass is 35.5. The number of carboxylic acids is 1. The van der Waals surface area contributed by atoms with E-state index in [1.165, 1.54) is 12.3 Å². The Balaban J connectivity index is 2.81. The number of nitrogens with zero attached hydrogens (tertiary/aromatic N) is 1. The second-order valence-corrected chi connectivity index (χ2v) is 2.78. The molecule has 0 aromatic carbocycles. The Morgan fingerprint density at radius 3 is 3.00 bits per heavy atom. The number of rotatable bonds is 1. The zero-order valence-corrected chi connectivity index (χ0v) is 7.68. The van der Waals surface area contributed by atoms with Gasteiger partial charge >= 0.3 is 5.97 Å². The summed E-state index contributed by atoms with van der Waals surface area (Å²) < 4.78 is 12.6. The molecule has 0 saturated carbocycles. The molecule has 1 rings (SSSR count). The zero-order chi connectivity index (χ0) is 10.6. The first-order valence-electron chi connectivity index (χ1n) is 3.61. The van der Waals surface area contributed by atoms with Crippen molar-refractivity contribution in [3.8, 4) is 11.8 Å². The van der Waals surface area contributed by atoms with E-state index in [4.69, 9.17) is 16.7 Å². The van der Waals surface area contributed by atoms with E-state index in [0.29, 0.717) is 5.56 Å². The molecule has 1 N–H and O–H groups in total. The quantitative estimate of drug-likeness (QED) is 0.571. The Bertz CT molecular complexity index is 423. The van der Waals surface area contributed by atoms with Crippen molar-refractivity contribution >= 4 is 17.6 Å². The van der Waals surface area contributed by atoms with Crippen molar-refractivity contribution in [2.24, 2.45) is 0 Å². The first-order valence-corrected chi connectivity index (χ1v) is 3.99. The van der Waals surface area contributed by atoms with E-state index in [1.807, 2.05) is 0 Å². The summed E-state index contributed by atoms with van der Waals surface area (Å²) in [5.41, 5.74) is 0.387. The van der Waals surface area contributed by atoms with Crippen LogP contribution < -0.4 is 0 Å². The molecule has 3 nitrogen and oxygen atoms in total. The van der Waals surface area contributed by atoms with Gasteiger partial charge in [0.2, 0.25) is 5.95 Å². The van der Waals surface area contributed by atoms with Crippen LogP contribution in [0.5, 0.6) is 0 Å². The Morgan fingerprint density at radius 2 is 2.43 bits per heavy atom. The zero-order valence-electron chi connectivity index (χ0n) is 6.92. The van der Waals surface area contributed by atoms with Gasteiger partial charge in [-0.05, 0) is 6.07 Å². The lowest BCUT2D eigenvalue weighted by molar-refractivity contribution is -0.135. The summed E-state index contributed by atoms with van der Waals surface area (Å²) in [6.07, 6.45) is 0.922. The molecule has 0 unspecified atom stereocenters.